The molecule has 6 heteroatoms. The molecule has 0 atom stereocenters. The Hall–Kier alpha value is -2.89. The quantitative estimate of drug-likeness (QED) is 0.436. The summed E-state index contributed by atoms with van der Waals surface area (Å²) >= 11 is 0. The molecule has 0 unspecified atom stereocenters. The van der Waals surface area contributed by atoms with Crippen molar-refractivity contribution >= 4 is 17.1 Å². The highest BCUT2D eigenvalue weighted by atomic mass is 16.5. The lowest BCUT2D eigenvalue weighted by Crippen LogP contribution is -2.33. The Morgan fingerprint density at radius 1 is 1.19 bits per heavy atom. The summed E-state index contributed by atoms with van der Waals surface area (Å²) in [4.78, 5) is 25.0. The summed E-state index contributed by atoms with van der Waals surface area (Å²) in [6, 6.07) is 11.8. The first-order chi connectivity index (χ1) is 15.2. The maximum Gasteiger partial charge on any atom is 0.254 e. The predicted octanol–water partition coefficient (Wildman–Crippen LogP) is 5.39. The second kappa shape index (κ2) is 9.94. The molecule has 1 aromatic carbocycles. The molecular weight excluding hydrogens is 388 g/mol. The minimum absolute atomic E-state index is 0.0213. The standard InChI is InChI=1S/C25H32N4O2/c1-3-4-7-16-28(25(30)19-10-8-13-21(17-19)31-2)18-23-27-22-14-9-15-26-24(22)29(23)20-11-5-6-12-20/h8-10,13-15,17,20H,3-7,11-12,16,18H2,1-2H3. The summed E-state index contributed by atoms with van der Waals surface area (Å²) in [6.45, 7) is 3.39. The van der Waals surface area contributed by atoms with Crippen molar-refractivity contribution in [3.63, 3.8) is 0 Å². The van der Waals surface area contributed by atoms with Gasteiger partial charge in [-0.1, -0.05) is 38.7 Å². The first kappa shape index (κ1) is 21.3. The van der Waals surface area contributed by atoms with Crippen molar-refractivity contribution in [2.75, 3.05) is 13.7 Å². The van der Waals surface area contributed by atoms with Gasteiger partial charge in [0.1, 0.15) is 17.1 Å². The number of pyridine rings is 1. The van der Waals surface area contributed by atoms with Gasteiger partial charge in [0.15, 0.2) is 5.65 Å². The van der Waals surface area contributed by atoms with Gasteiger partial charge in [0, 0.05) is 24.3 Å². The van der Waals surface area contributed by atoms with Crippen molar-refractivity contribution in [3.05, 3.63) is 54.0 Å². The van der Waals surface area contributed by atoms with Crippen molar-refractivity contribution in [3.8, 4) is 5.75 Å². The van der Waals surface area contributed by atoms with Crippen molar-refractivity contribution < 1.29 is 9.53 Å². The number of nitrogens with zero attached hydrogens (tertiary/aromatic N) is 4. The van der Waals surface area contributed by atoms with Crippen LogP contribution in [-0.4, -0.2) is 39.0 Å². The molecule has 0 saturated heterocycles. The Labute approximate surface area is 184 Å². The zero-order valence-electron chi connectivity index (χ0n) is 18.6. The molecule has 164 valence electrons. The maximum atomic E-state index is 13.5. The Kier molecular flexibility index (Phi) is 6.85. The predicted molar refractivity (Wildman–Crippen MR) is 122 cm³/mol. The number of benzene rings is 1. The lowest BCUT2D eigenvalue weighted by Gasteiger charge is -2.24. The first-order valence-electron chi connectivity index (χ1n) is 11.5. The minimum Gasteiger partial charge on any atom is -0.497 e. The molecule has 6 nitrogen and oxygen atoms in total. The van der Waals surface area contributed by atoms with Crippen LogP contribution < -0.4 is 4.74 Å². The number of hydrogen-bond donors (Lipinski definition) is 0. The number of unbranched alkanes of at least 4 members (excludes halogenated alkanes) is 2. The Morgan fingerprint density at radius 3 is 2.81 bits per heavy atom. The number of rotatable bonds is 9. The summed E-state index contributed by atoms with van der Waals surface area (Å²) in [7, 11) is 1.62. The lowest BCUT2D eigenvalue weighted by atomic mass is 10.1. The average Bonchev–Trinajstić information content (AvgIpc) is 3.45. The highest BCUT2D eigenvalue weighted by Crippen LogP contribution is 2.33. The Morgan fingerprint density at radius 2 is 2.03 bits per heavy atom. The number of hydrogen-bond acceptors (Lipinski definition) is 4. The second-order valence-electron chi connectivity index (χ2n) is 8.35. The number of methoxy groups -OCH3 is 1. The van der Waals surface area contributed by atoms with E-state index in [0.717, 1.165) is 49.1 Å². The monoisotopic (exact) mass is 420 g/mol. The normalized spacial score (nSPS) is 14.3. The highest BCUT2D eigenvalue weighted by molar-refractivity contribution is 5.94. The van der Waals surface area contributed by atoms with E-state index in [4.69, 9.17) is 9.72 Å². The van der Waals surface area contributed by atoms with Gasteiger partial charge in [0.25, 0.3) is 5.91 Å². The molecule has 0 N–H and O–H groups in total. The van der Waals surface area contributed by atoms with Crippen molar-refractivity contribution in [1.82, 2.24) is 19.4 Å². The van der Waals surface area contributed by atoms with E-state index in [0.29, 0.717) is 30.4 Å². The number of carbonyl (C=O) groups is 1. The number of imidazole rings is 1. The zero-order valence-corrected chi connectivity index (χ0v) is 18.6. The molecule has 31 heavy (non-hydrogen) atoms. The summed E-state index contributed by atoms with van der Waals surface area (Å²) in [5.41, 5.74) is 2.50. The van der Waals surface area contributed by atoms with Crippen LogP contribution in [0.15, 0.2) is 42.6 Å². The van der Waals surface area contributed by atoms with Crippen molar-refractivity contribution in [2.24, 2.45) is 0 Å². The summed E-state index contributed by atoms with van der Waals surface area (Å²) < 4.78 is 7.63. The average molecular weight is 421 g/mol. The SMILES string of the molecule is CCCCCN(Cc1nc2cccnc2n1C1CCCC1)C(=O)c1cccc(OC)c1. The van der Waals surface area contributed by atoms with Crippen LogP contribution in [0.25, 0.3) is 11.2 Å². The molecule has 2 heterocycles. The van der Waals surface area contributed by atoms with E-state index in [1.807, 2.05) is 47.5 Å². The van der Waals surface area contributed by atoms with Crippen molar-refractivity contribution in [2.45, 2.75) is 64.5 Å². The van der Waals surface area contributed by atoms with E-state index in [-0.39, 0.29) is 5.91 Å². The molecule has 0 aliphatic heterocycles. The van der Waals surface area contributed by atoms with Gasteiger partial charge in [-0.25, -0.2) is 9.97 Å². The van der Waals surface area contributed by atoms with Crippen LogP contribution >= 0.6 is 0 Å². The number of carbonyl (C=O) groups excluding carboxylic acids is 1. The van der Waals surface area contributed by atoms with Gasteiger partial charge in [-0.05, 0) is 49.6 Å². The summed E-state index contributed by atoms with van der Waals surface area (Å²) in [6.07, 6.45) is 9.80. The van der Waals surface area contributed by atoms with Gasteiger partial charge in [-0.15, -0.1) is 0 Å². The third kappa shape index (κ3) is 4.73. The number of aromatic nitrogens is 3. The van der Waals surface area contributed by atoms with Gasteiger partial charge in [0.05, 0.1) is 13.7 Å². The van der Waals surface area contributed by atoms with Gasteiger partial charge in [0.2, 0.25) is 0 Å². The van der Waals surface area contributed by atoms with Crippen LogP contribution in [0.3, 0.4) is 0 Å². The fraction of sp³-hybridized carbons (Fsp3) is 0.480. The highest BCUT2D eigenvalue weighted by Gasteiger charge is 2.26. The van der Waals surface area contributed by atoms with Crippen LogP contribution in [0.1, 0.15) is 74.1 Å². The van der Waals surface area contributed by atoms with Crippen molar-refractivity contribution in [1.29, 1.82) is 0 Å². The van der Waals surface area contributed by atoms with E-state index in [1.165, 1.54) is 12.8 Å². The van der Waals surface area contributed by atoms with Crippen LogP contribution in [0.2, 0.25) is 0 Å². The first-order valence-corrected chi connectivity index (χ1v) is 11.5. The molecule has 1 fully saturated rings. The zero-order chi connectivity index (χ0) is 21.6. The van der Waals surface area contributed by atoms with Crippen LogP contribution in [-0.2, 0) is 6.54 Å². The molecular formula is C25H32N4O2. The largest absolute Gasteiger partial charge is 0.497 e. The molecule has 1 amide bonds. The molecule has 0 spiro atoms. The third-order valence-electron chi connectivity index (χ3n) is 6.18. The van der Waals surface area contributed by atoms with Crippen LogP contribution in [0, 0.1) is 0 Å². The lowest BCUT2D eigenvalue weighted by molar-refractivity contribution is 0.0732. The molecule has 4 rings (SSSR count). The second-order valence-corrected chi connectivity index (χ2v) is 8.35. The van der Waals surface area contributed by atoms with Gasteiger partial charge in [-0.2, -0.15) is 0 Å². The number of fused-ring (bicyclic) bond motifs is 1. The van der Waals surface area contributed by atoms with Gasteiger partial charge in [-0.3, -0.25) is 4.79 Å². The molecule has 1 saturated carbocycles. The minimum atomic E-state index is 0.0213. The van der Waals surface area contributed by atoms with E-state index < -0.39 is 0 Å². The summed E-state index contributed by atoms with van der Waals surface area (Å²) in [5.74, 6) is 1.66. The maximum absolute atomic E-state index is 13.5. The fourth-order valence-electron chi connectivity index (χ4n) is 4.55. The van der Waals surface area contributed by atoms with Gasteiger partial charge >= 0.3 is 0 Å². The summed E-state index contributed by atoms with van der Waals surface area (Å²) in [5, 5.41) is 0. The molecule has 1 aliphatic carbocycles. The molecule has 2 aromatic heterocycles. The molecule has 3 aromatic rings. The van der Waals surface area contributed by atoms with E-state index in [9.17, 15) is 4.79 Å². The van der Waals surface area contributed by atoms with Crippen LogP contribution in [0.4, 0.5) is 0 Å². The topological polar surface area (TPSA) is 60.2 Å². The third-order valence-corrected chi connectivity index (χ3v) is 6.18. The molecule has 0 bridgehead atoms. The Balaban J connectivity index is 1.67. The van der Waals surface area contributed by atoms with E-state index in [1.54, 1.807) is 7.11 Å². The fourth-order valence-corrected chi connectivity index (χ4v) is 4.55. The number of ether oxygens (including phenoxy) is 1. The van der Waals surface area contributed by atoms with Gasteiger partial charge < -0.3 is 14.2 Å². The number of amides is 1. The van der Waals surface area contributed by atoms with E-state index >= 15 is 0 Å². The van der Waals surface area contributed by atoms with E-state index in [2.05, 4.69) is 16.5 Å². The Bertz CT molecular complexity index is 1020. The van der Waals surface area contributed by atoms with Crippen LogP contribution in [0.5, 0.6) is 5.75 Å². The molecule has 0 radical (unpaired) electrons. The smallest absolute Gasteiger partial charge is 0.254 e. The molecule has 1 aliphatic rings.